The van der Waals surface area contributed by atoms with Crippen LogP contribution in [-0.4, -0.2) is 6.71 Å². The van der Waals surface area contributed by atoms with Crippen LogP contribution in [0.5, 0.6) is 0 Å². The second-order valence-corrected chi connectivity index (χ2v) is 26.8. The summed E-state index contributed by atoms with van der Waals surface area (Å²) in [5, 5.41) is 0. The Hall–Kier alpha value is -8.92. The van der Waals surface area contributed by atoms with Crippen molar-refractivity contribution in [3.63, 3.8) is 0 Å². The molecule has 0 bridgehead atoms. The highest BCUT2D eigenvalue weighted by Gasteiger charge is 2.46. The zero-order chi connectivity index (χ0) is 58.1. The first-order valence-corrected chi connectivity index (χ1v) is 31.0. The van der Waals surface area contributed by atoms with E-state index in [2.05, 4.69) is 320 Å². The molecule has 1 saturated carbocycles. The van der Waals surface area contributed by atoms with Crippen molar-refractivity contribution in [2.75, 3.05) is 9.80 Å². The highest BCUT2D eigenvalue weighted by atomic mass is 15.2. The van der Waals surface area contributed by atoms with E-state index in [-0.39, 0.29) is 17.5 Å². The Labute approximate surface area is 505 Å². The lowest BCUT2D eigenvalue weighted by atomic mass is 9.33. The van der Waals surface area contributed by atoms with E-state index in [0.717, 1.165) is 12.8 Å². The zero-order valence-electron chi connectivity index (χ0n) is 50.6. The van der Waals surface area contributed by atoms with Crippen molar-refractivity contribution in [2.24, 2.45) is 11.8 Å². The lowest BCUT2D eigenvalue weighted by Crippen LogP contribution is -2.61. The van der Waals surface area contributed by atoms with Crippen molar-refractivity contribution >= 4 is 57.2 Å². The van der Waals surface area contributed by atoms with Gasteiger partial charge in [-0.3, -0.25) is 0 Å². The van der Waals surface area contributed by atoms with Gasteiger partial charge in [0.25, 0.3) is 6.71 Å². The fourth-order valence-corrected chi connectivity index (χ4v) is 14.6. The van der Waals surface area contributed by atoms with Gasteiger partial charge in [-0.1, -0.05) is 286 Å². The first kappa shape index (κ1) is 54.1. The molecule has 0 saturated heterocycles. The minimum atomic E-state index is -0.142. The first-order valence-electron chi connectivity index (χ1n) is 31.0. The molecule has 3 heteroatoms. The van der Waals surface area contributed by atoms with Crippen LogP contribution >= 0.6 is 0 Å². The summed E-state index contributed by atoms with van der Waals surface area (Å²) in [4.78, 5) is 5.45. The van der Waals surface area contributed by atoms with Gasteiger partial charge in [0.15, 0.2) is 0 Å². The molecule has 416 valence electrons. The van der Waals surface area contributed by atoms with Crippen LogP contribution in [0.2, 0.25) is 0 Å². The highest BCUT2D eigenvalue weighted by molar-refractivity contribution is 7.00. The first-order chi connectivity index (χ1) is 41.2. The van der Waals surface area contributed by atoms with Gasteiger partial charge in [-0.15, -0.1) is 0 Å². The van der Waals surface area contributed by atoms with Crippen molar-refractivity contribution in [1.82, 2.24) is 0 Å². The third kappa shape index (κ3) is 9.92. The number of para-hydroxylation sites is 2. The zero-order valence-corrected chi connectivity index (χ0v) is 50.6. The average Bonchev–Trinajstić information content (AvgIpc) is 0.858. The molecule has 11 aromatic rings. The molecule has 2 unspecified atom stereocenters. The van der Waals surface area contributed by atoms with E-state index in [1.54, 1.807) is 0 Å². The van der Waals surface area contributed by atoms with E-state index < -0.39 is 0 Å². The van der Waals surface area contributed by atoms with Crippen LogP contribution in [0.1, 0.15) is 97.3 Å². The second kappa shape index (κ2) is 21.6. The third-order valence-corrected chi connectivity index (χ3v) is 18.8. The molecular weight excluding hydrogens is 1020 g/mol. The smallest absolute Gasteiger partial charge is 0.252 e. The molecule has 2 nitrogen and oxygen atoms in total. The Balaban J connectivity index is 1.15. The van der Waals surface area contributed by atoms with Crippen molar-refractivity contribution in [1.29, 1.82) is 0 Å². The predicted octanol–water partition coefficient (Wildman–Crippen LogP) is 20.9. The Morgan fingerprint density at radius 1 is 0.318 bits per heavy atom. The maximum Gasteiger partial charge on any atom is 0.252 e. The van der Waals surface area contributed by atoms with Crippen molar-refractivity contribution in [2.45, 2.75) is 91.4 Å². The van der Waals surface area contributed by atoms with Crippen molar-refractivity contribution in [3.8, 4) is 66.8 Å². The van der Waals surface area contributed by atoms with E-state index in [1.165, 1.54) is 140 Å². The summed E-state index contributed by atoms with van der Waals surface area (Å²) >= 11 is 0. The molecule has 1 fully saturated rings. The van der Waals surface area contributed by atoms with Crippen molar-refractivity contribution < 1.29 is 0 Å². The van der Waals surface area contributed by atoms with Crippen LogP contribution in [-0.2, 0) is 10.8 Å². The predicted molar refractivity (Wildman–Crippen MR) is 365 cm³/mol. The number of hydrogen-bond donors (Lipinski definition) is 0. The van der Waals surface area contributed by atoms with Gasteiger partial charge in [0.05, 0.1) is 11.4 Å². The summed E-state index contributed by atoms with van der Waals surface area (Å²) in [6.07, 6.45) is 3.56. The van der Waals surface area contributed by atoms with Gasteiger partial charge >= 0.3 is 0 Å². The highest BCUT2D eigenvalue weighted by Crippen LogP contribution is 2.54. The number of anilines is 6. The number of rotatable bonds is 9. The lowest BCUT2D eigenvalue weighted by Gasteiger charge is -2.46. The van der Waals surface area contributed by atoms with E-state index >= 15 is 0 Å². The van der Waals surface area contributed by atoms with Gasteiger partial charge in [-0.25, -0.2) is 0 Å². The Kier molecular flexibility index (Phi) is 13.7. The Bertz CT molecular complexity index is 3860. The minimum absolute atomic E-state index is 0.0338. The summed E-state index contributed by atoms with van der Waals surface area (Å²) in [5.74, 6) is 1.60. The van der Waals surface area contributed by atoms with Crippen LogP contribution in [0.15, 0.2) is 255 Å². The fourth-order valence-electron chi connectivity index (χ4n) is 14.6. The average molecular weight is 1100 g/mol. The maximum absolute atomic E-state index is 2.72. The maximum atomic E-state index is 2.72. The van der Waals surface area contributed by atoms with Gasteiger partial charge in [-0.2, -0.15) is 0 Å². The molecule has 14 rings (SSSR count). The van der Waals surface area contributed by atoms with Crippen LogP contribution in [0.4, 0.5) is 34.1 Å². The SMILES string of the molecule is CC1CC(C)CC(c2cc3c4c(c2)N(c2c(-c5ccccc5)cccc2-c2ccccc2)c2ccc(-c5ccc(C(C)(C)C)cc5)cc2B4c2cc(-c4ccc(C(C)(C)C)cc4)ccc2N3c2c(-c3ccccc3)cccc2-c2ccccc2)C1. The quantitative estimate of drug-likeness (QED) is 0.133. The summed E-state index contributed by atoms with van der Waals surface area (Å²) in [7, 11) is 0. The summed E-state index contributed by atoms with van der Waals surface area (Å²) in [5.41, 5.74) is 29.7. The van der Waals surface area contributed by atoms with Gasteiger partial charge < -0.3 is 9.80 Å². The molecular formula is C82H75BN2. The third-order valence-electron chi connectivity index (χ3n) is 18.8. The van der Waals surface area contributed by atoms with Gasteiger partial charge in [-0.05, 0) is 150 Å². The summed E-state index contributed by atoms with van der Waals surface area (Å²) < 4.78 is 0. The van der Waals surface area contributed by atoms with Gasteiger partial charge in [0, 0.05) is 45.0 Å². The van der Waals surface area contributed by atoms with Gasteiger partial charge in [0.1, 0.15) is 0 Å². The molecule has 0 radical (unpaired) electrons. The number of hydrogen-bond acceptors (Lipinski definition) is 2. The number of benzene rings is 11. The van der Waals surface area contributed by atoms with E-state index in [9.17, 15) is 0 Å². The minimum Gasteiger partial charge on any atom is -0.310 e. The molecule has 0 amide bonds. The largest absolute Gasteiger partial charge is 0.310 e. The standard InChI is InChI=1S/C82H75BN2/c1-54-47-55(2)49-64(48-54)65-52-76-78-77(53-65)85(80-70(60-27-17-11-18-28-60)33-22-34-71(80)61-29-19-12-20-30-61)75-46-40-63(57-37-43-67(44-38-57)82(6,7)8)51-73(75)83(78)72-50-62(56-35-41-66(42-36-56)81(3,4)5)39-45-74(72)84(76)79-68(58-23-13-9-14-24-58)31-21-32-69(79)59-25-15-10-16-26-59/h9-46,50-55,64H,47-49H2,1-8H3. The van der Waals surface area contributed by atoms with Crippen LogP contribution in [0.25, 0.3) is 66.8 Å². The number of fused-ring (bicyclic) bond motifs is 4. The van der Waals surface area contributed by atoms with Crippen LogP contribution in [0, 0.1) is 11.8 Å². The Morgan fingerprint density at radius 3 is 0.976 bits per heavy atom. The molecule has 11 aromatic carbocycles. The normalized spacial score (nSPS) is 16.4. The van der Waals surface area contributed by atoms with E-state index in [4.69, 9.17) is 0 Å². The lowest BCUT2D eigenvalue weighted by molar-refractivity contribution is 0.268. The van der Waals surface area contributed by atoms with Crippen LogP contribution in [0.3, 0.4) is 0 Å². The molecule has 3 aliphatic rings. The van der Waals surface area contributed by atoms with E-state index in [1.807, 2.05) is 0 Å². The summed E-state index contributed by atoms with van der Waals surface area (Å²) in [6.45, 7) is 18.7. The number of nitrogens with zero attached hydrogens (tertiary/aromatic N) is 2. The van der Waals surface area contributed by atoms with Crippen LogP contribution < -0.4 is 26.2 Å². The second-order valence-electron chi connectivity index (χ2n) is 26.8. The summed E-state index contributed by atoms with van der Waals surface area (Å²) in [6, 6.07) is 97.3. The molecule has 0 N–H and O–H groups in total. The van der Waals surface area contributed by atoms with Gasteiger partial charge in [0.2, 0.25) is 0 Å². The monoisotopic (exact) mass is 1100 g/mol. The van der Waals surface area contributed by atoms with E-state index in [0.29, 0.717) is 17.8 Å². The molecule has 2 heterocycles. The molecule has 2 aliphatic heterocycles. The molecule has 1 aliphatic carbocycles. The Morgan fingerprint density at radius 2 is 0.647 bits per heavy atom. The molecule has 2 atom stereocenters. The van der Waals surface area contributed by atoms with Crippen molar-refractivity contribution in [3.05, 3.63) is 271 Å². The molecule has 0 spiro atoms. The topological polar surface area (TPSA) is 6.48 Å². The molecule has 85 heavy (non-hydrogen) atoms. The fraction of sp³-hybridized carbons (Fsp3) is 0.195. The molecule has 0 aromatic heterocycles.